The number of primary amides is 1. The molecule has 3 N–H and O–H groups in total. The zero-order valence-electron chi connectivity index (χ0n) is 14.7. The van der Waals surface area contributed by atoms with Crippen LogP contribution < -0.4 is 25.4 Å². The summed E-state index contributed by atoms with van der Waals surface area (Å²) in [5.74, 6) is -0.693. The molecule has 1 heterocycles. The summed E-state index contributed by atoms with van der Waals surface area (Å²) in [6.07, 6.45) is -0.827. The molecule has 2 aromatic carbocycles. The molecule has 0 saturated heterocycles. The lowest BCUT2D eigenvalue weighted by Gasteiger charge is -2.33. The quantitative estimate of drug-likeness (QED) is 0.806. The van der Waals surface area contributed by atoms with Gasteiger partial charge in [-0.3, -0.25) is 14.4 Å². The molecular weight excluding hydrogens is 350 g/mol. The molecule has 0 aliphatic carbocycles. The molecule has 8 nitrogen and oxygen atoms in total. The fraction of sp³-hybridized carbons (Fsp3) is 0.211. The molecule has 3 rings (SSSR count). The van der Waals surface area contributed by atoms with Gasteiger partial charge < -0.3 is 25.4 Å². The molecule has 0 saturated carbocycles. The Labute approximate surface area is 155 Å². The number of nitrogens with one attached hydrogen (secondary N) is 1. The number of benzene rings is 2. The number of hydrogen-bond donors (Lipinski definition) is 2. The summed E-state index contributed by atoms with van der Waals surface area (Å²) < 4.78 is 11.2. The van der Waals surface area contributed by atoms with E-state index >= 15 is 0 Å². The molecule has 140 valence electrons. The molecule has 1 aliphatic heterocycles. The number of hydrogen-bond acceptors (Lipinski definition) is 5. The van der Waals surface area contributed by atoms with Crippen LogP contribution in [0.4, 0.5) is 5.69 Å². The molecule has 3 amide bonds. The molecule has 8 heteroatoms. The summed E-state index contributed by atoms with van der Waals surface area (Å²) >= 11 is 0. The molecule has 2 aromatic rings. The SMILES string of the molecule is CNC(=O)C1CN(C(=O)COc2ccccc2C(N)=O)c2ccccc2O1. The third kappa shape index (κ3) is 3.84. The number of rotatable bonds is 5. The Morgan fingerprint density at radius 1 is 1.19 bits per heavy atom. The van der Waals surface area contributed by atoms with Crippen LogP contribution >= 0.6 is 0 Å². The van der Waals surface area contributed by atoms with Crippen LogP contribution in [-0.2, 0) is 9.59 Å². The van der Waals surface area contributed by atoms with Crippen molar-refractivity contribution in [3.63, 3.8) is 0 Å². The van der Waals surface area contributed by atoms with E-state index in [4.69, 9.17) is 15.2 Å². The third-order valence-electron chi connectivity index (χ3n) is 4.12. The van der Waals surface area contributed by atoms with Crippen molar-refractivity contribution < 1.29 is 23.9 Å². The van der Waals surface area contributed by atoms with Gasteiger partial charge >= 0.3 is 0 Å². The second-order valence-corrected chi connectivity index (χ2v) is 5.84. The Kier molecular flexibility index (Phi) is 5.25. The smallest absolute Gasteiger partial charge is 0.265 e. The lowest BCUT2D eigenvalue weighted by Crippen LogP contribution is -2.51. The van der Waals surface area contributed by atoms with E-state index in [2.05, 4.69) is 5.32 Å². The van der Waals surface area contributed by atoms with Crippen LogP contribution in [0.15, 0.2) is 48.5 Å². The maximum absolute atomic E-state index is 12.8. The van der Waals surface area contributed by atoms with Gasteiger partial charge in [0.05, 0.1) is 17.8 Å². The monoisotopic (exact) mass is 369 g/mol. The Balaban J connectivity index is 1.79. The van der Waals surface area contributed by atoms with E-state index < -0.39 is 12.0 Å². The number of likely N-dealkylation sites (N-methyl/N-ethyl adjacent to an activating group) is 1. The lowest BCUT2D eigenvalue weighted by atomic mass is 10.1. The minimum absolute atomic E-state index is 0.0519. The normalized spacial score (nSPS) is 15.3. The Morgan fingerprint density at radius 2 is 1.89 bits per heavy atom. The van der Waals surface area contributed by atoms with Gasteiger partial charge in [-0.2, -0.15) is 0 Å². The molecule has 0 bridgehead atoms. The highest BCUT2D eigenvalue weighted by atomic mass is 16.5. The molecule has 0 spiro atoms. The Morgan fingerprint density at radius 3 is 2.63 bits per heavy atom. The molecule has 0 aromatic heterocycles. The number of para-hydroxylation sites is 3. The number of ether oxygens (including phenoxy) is 2. The zero-order chi connectivity index (χ0) is 19.4. The Hall–Kier alpha value is -3.55. The standard InChI is InChI=1S/C19H19N3O5/c1-21-19(25)16-10-22(13-7-3-5-9-15(13)27-16)17(23)11-26-14-8-4-2-6-12(14)18(20)24/h2-9,16H,10-11H2,1H3,(H2,20,24)(H,21,25). The van der Waals surface area contributed by atoms with Crippen molar-refractivity contribution in [3.8, 4) is 11.5 Å². The van der Waals surface area contributed by atoms with E-state index in [1.165, 1.54) is 18.0 Å². The number of carbonyl (C=O) groups excluding carboxylic acids is 3. The predicted octanol–water partition coefficient (Wildman–Crippen LogP) is 0.705. The number of carbonyl (C=O) groups is 3. The average molecular weight is 369 g/mol. The van der Waals surface area contributed by atoms with Crippen LogP contribution in [0.5, 0.6) is 11.5 Å². The van der Waals surface area contributed by atoms with Crippen molar-refractivity contribution in [2.24, 2.45) is 5.73 Å². The highest BCUT2D eigenvalue weighted by Crippen LogP contribution is 2.33. The minimum Gasteiger partial charge on any atom is -0.483 e. The molecular formula is C19H19N3O5. The third-order valence-corrected chi connectivity index (χ3v) is 4.12. The van der Waals surface area contributed by atoms with Gasteiger partial charge in [0, 0.05) is 7.05 Å². The predicted molar refractivity (Wildman–Crippen MR) is 97.7 cm³/mol. The molecule has 1 atom stereocenters. The Bertz CT molecular complexity index is 883. The number of fused-ring (bicyclic) bond motifs is 1. The largest absolute Gasteiger partial charge is 0.483 e. The van der Waals surface area contributed by atoms with E-state index in [9.17, 15) is 14.4 Å². The summed E-state index contributed by atoms with van der Waals surface area (Å²) in [6, 6.07) is 13.4. The second-order valence-electron chi connectivity index (χ2n) is 5.84. The van der Waals surface area contributed by atoms with Crippen molar-refractivity contribution in [3.05, 3.63) is 54.1 Å². The molecule has 27 heavy (non-hydrogen) atoms. The summed E-state index contributed by atoms with van der Waals surface area (Å²) in [6.45, 7) is -0.268. The first-order chi connectivity index (χ1) is 13.0. The summed E-state index contributed by atoms with van der Waals surface area (Å²) in [5, 5.41) is 2.52. The van der Waals surface area contributed by atoms with E-state index in [-0.39, 0.29) is 36.3 Å². The van der Waals surface area contributed by atoms with Gasteiger partial charge in [-0.1, -0.05) is 24.3 Å². The fourth-order valence-corrected chi connectivity index (χ4v) is 2.78. The zero-order valence-corrected chi connectivity index (χ0v) is 14.7. The van der Waals surface area contributed by atoms with Gasteiger partial charge in [0.2, 0.25) is 0 Å². The van der Waals surface area contributed by atoms with Gasteiger partial charge in [-0.15, -0.1) is 0 Å². The van der Waals surface area contributed by atoms with Gasteiger partial charge in [-0.05, 0) is 24.3 Å². The minimum atomic E-state index is -0.827. The van der Waals surface area contributed by atoms with Gasteiger partial charge in [0.15, 0.2) is 12.7 Å². The van der Waals surface area contributed by atoms with Crippen molar-refractivity contribution in [1.82, 2.24) is 5.32 Å². The van der Waals surface area contributed by atoms with Crippen LogP contribution in [-0.4, -0.2) is 44.0 Å². The van der Waals surface area contributed by atoms with Crippen LogP contribution in [0.3, 0.4) is 0 Å². The maximum atomic E-state index is 12.8. The first-order valence-corrected chi connectivity index (χ1v) is 8.30. The number of anilines is 1. The lowest BCUT2D eigenvalue weighted by molar-refractivity contribution is -0.128. The maximum Gasteiger partial charge on any atom is 0.265 e. The average Bonchev–Trinajstić information content (AvgIpc) is 2.70. The first-order valence-electron chi connectivity index (χ1n) is 8.30. The number of nitrogens with zero attached hydrogens (tertiary/aromatic N) is 1. The van der Waals surface area contributed by atoms with E-state index in [1.54, 1.807) is 42.5 Å². The van der Waals surface area contributed by atoms with Crippen LogP contribution in [0, 0.1) is 0 Å². The highest BCUT2D eigenvalue weighted by molar-refractivity contribution is 5.99. The van der Waals surface area contributed by atoms with E-state index in [1.807, 2.05) is 0 Å². The van der Waals surface area contributed by atoms with Crippen molar-refractivity contribution in [2.75, 3.05) is 25.1 Å². The molecule has 0 fully saturated rings. The van der Waals surface area contributed by atoms with Gasteiger partial charge in [0.25, 0.3) is 17.7 Å². The highest BCUT2D eigenvalue weighted by Gasteiger charge is 2.33. The summed E-state index contributed by atoms with van der Waals surface area (Å²) in [5.41, 5.74) is 6.06. The van der Waals surface area contributed by atoms with Crippen molar-refractivity contribution >= 4 is 23.4 Å². The summed E-state index contributed by atoms with van der Waals surface area (Å²) in [4.78, 5) is 37.7. The fourth-order valence-electron chi connectivity index (χ4n) is 2.78. The van der Waals surface area contributed by atoms with Gasteiger partial charge in [0.1, 0.15) is 11.5 Å². The van der Waals surface area contributed by atoms with E-state index in [0.29, 0.717) is 11.4 Å². The van der Waals surface area contributed by atoms with Crippen LogP contribution in [0.25, 0.3) is 0 Å². The molecule has 1 unspecified atom stereocenters. The van der Waals surface area contributed by atoms with Gasteiger partial charge in [-0.25, -0.2) is 0 Å². The first kappa shape index (κ1) is 18.2. The molecule has 0 radical (unpaired) electrons. The number of amides is 3. The molecule has 1 aliphatic rings. The van der Waals surface area contributed by atoms with E-state index in [0.717, 1.165) is 0 Å². The van der Waals surface area contributed by atoms with Crippen molar-refractivity contribution in [2.45, 2.75) is 6.10 Å². The summed E-state index contributed by atoms with van der Waals surface area (Å²) in [7, 11) is 1.50. The van der Waals surface area contributed by atoms with Crippen LogP contribution in [0.2, 0.25) is 0 Å². The van der Waals surface area contributed by atoms with Crippen molar-refractivity contribution in [1.29, 1.82) is 0 Å². The topological polar surface area (TPSA) is 111 Å². The second kappa shape index (κ2) is 7.77. The number of nitrogens with two attached hydrogens (primary N) is 1. The van der Waals surface area contributed by atoms with Crippen LogP contribution in [0.1, 0.15) is 10.4 Å².